The molecule has 5 heteroatoms. The summed E-state index contributed by atoms with van der Waals surface area (Å²) in [6, 6.07) is 1.78. The molecule has 0 atom stereocenters. The van der Waals surface area contributed by atoms with Crippen molar-refractivity contribution in [2.45, 2.75) is 26.3 Å². The molecule has 1 aromatic rings. The fourth-order valence-corrected chi connectivity index (χ4v) is 2.78. The van der Waals surface area contributed by atoms with Crippen LogP contribution in [0.5, 0.6) is 0 Å². The summed E-state index contributed by atoms with van der Waals surface area (Å²) in [6.07, 6.45) is 2.64. The second-order valence-electron chi connectivity index (χ2n) is 5.25. The third kappa shape index (κ3) is 4.60. The number of carbonyl (C=O) groups is 1. The van der Waals surface area contributed by atoms with Crippen LogP contribution in [0.2, 0.25) is 0 Å². The summed E-state index contributed by atoms with van der Waals surface area (Å²) in [5, 5.41) is 8.96. The number of likely N-dealkylation sites (N-methyl/N-ethyl adjacent to an activating group) is 1. The van der Waals surface area contributed by atoms with E-state index < -0.39 is 5.97 Å². The molecule has 1 N–H and O–H groups in total. The number of rotatable bonds is 8. The first-order chi connectivity index (χ1) is 9.06. The Hall–Kier alpha value is -0.910. The molecule has 4 nitrogen and oxygen atoms in total. The maximum absolute atomic E-state index is 10.9. The number of ether oxygens (including phenoxy) is 1. The number of aromatic carboxylic acids is 1. The minimum absolute atomic E-state index is 0.422. The van der Waals surface area contributed by atoms with E-state index in [9.17, 15) is 4.79 Å². The summed E-state index contributed by atoms with van der Waals surface area (Å²) in [5.74, 6) is -0.0303. The molecular weight excluding hydrogens is 262 g/mol. The van der Waals surface area contributed by atoms with Crippen molar-refractivity contribution in [2.24, 2.45) is 5.92 Å². The number of carboxylic acids is 1. The summed E-state index contributed by atoms with van der Waals surface area (Å²) >= 11 is 1.35. The topological polar surface area (TPSA) is 49.8 Å². The van der Waals surface area contributed by atoms with Gasteiger partial charge in [-0.1, -0.05) is 0 Å². The Morgan fingerprint density at radius 3 is 2.89 bits per heavy atom. The maximum Gasteiger partial charge on any atom is 0.345 e. The van der Waals surface area contributed by atoms with E-state index in [1.54, 1.807) is 6.07 Å². The van der Waals surface area contributed by atoms with Gasteiger partial charge >= 0.3 is 5.97 Å². The number of hydrogen-bond donors (Lipinski definition) is 1. The summed E-state index contributed by atoms with van der Waals surface area (Å²) in [4.78, 5) is 14.6. The van der Waals surface area contributed by atoms with Crippen LogP contribution in [0.25, 0.3) is 0 Å². The molecule has 106 valence electrons. The van der Waals surface area contributed by atoms with Gasteiger partial charge in [0.1, 0.15) is 4.88 Å². The van der Waals surface area contributed by atoms with Crippen molar-refractivity contribution >= 4 is 17.3 Å². The van der Waals surface area contributed by atoms with Gasteiger partial charge in [0.25, 0.3) is 0 Å². The van der Waals surface area contributed by atoms with E-state index in [0.29, 0.717) is 4.88 Å². The fraction of sp³-hybridized carbons (Fsp3) is 0.643. The SMILES string of the molecule is Cc1sc(C(=O)O)cc1CN(C)CCOCC1CC1. The first kappa shape index (κ1) is 14.5. The Kier molecular flexibility index (Phi) is 4.96. The quantitative estimate of drug-likeness (QED) is 0.745. The summed E-state index contributed by atoms with van der Waals surface area (Å²) in [7, 11) is 2.04. The molecule has 0 radical (unpaired) electrons. The van der Waals surface area contributed by atoms with E-state index in [2.05, 4.69) is 4.90 Å². The van der Waals surface area contributed by atoms with E-state index in [0.717, 1.165) is 42.7 Å². The molecule has 0 unspecified atom stereocenters. The van der Waals surface area contributed by atoms with Crippen molar-refractivity contribution < 1.29 is 14.6 Å². The molecule has 1 saturated carbocycles. The van der Waals surface area contributed by atoms with E-state index in [1.165, 1.54) is 24.2 Å². The lowest BCUT2D eigenvalue weighted by molar-refractivity contribution is 0.0702. The predicted octanol–water partition coefficient (Wildman–Crippen LogP) is 2.61. The summed E-state index contributed by atoms with van der Waals surface area (Å²) in [5.41, 5.74) is 1.10. The molecule has 19 heavy (non-hydrogen) atoms. The van der Waals surface area contributed by atoms with Gasteiger partial charge < -0.3 is 9.84 Å². The summed E-state index contributed by atoms with van der Waals surface area (Å²) in [6.45, 7) is 5.28. The molecule has 0 aliphatic heterocycles. The van der Waals surface area contributed by atoms with Crippen molar-refractivity contribution in [1.82, 2.24) is 4.90 Å². The highest BCUT2D eigenvalue weighted by atomic mass is 32.1. The Labute approximate surface area is 118 Å². The van der Waals surface area contributed by atoms with Crippen LogP contribution in [0.1, 0.15) is 33.0 Å². The number of aryl methyl sites for hydroxylation is 1. The van der Waals surface area contributed by atoms with Crippen LogP contribution in [0.4, 0.5) is 0 Å². The van der Waals surface area contributed by atoms with Crippen LogP contribution in [-0.2, 0) is 11.3 Å². The van der Waals surface area contributed by atoms with Gasteiger partial charge in [0.2, 0.25) is 0 Å². The number of carboxylic acid groups (broad SMARTS) is 1. The smallest absolute Gasteiger partial charge is 0.345 e. The molecule has 0 spiro atoms. The first-order valence-corrected chi connectivity index (χ1v) is 7.47. The van der Waals surface area contributed by atoms with Crippen LogP contribution in [0.3, 0.4) is 0 Å². The van der Waals surface area contributed by atoms with Crippen LogP contribution >= 0.6 is 11.3 Å². The maximum atomic E-state index is 10.9. The van der Waals surface area contributed by atoms with Gasteiger partial charge in [0.15, 0.2) is 0 Å². The fourth-order valence-electron chi connectivity index (χ4n) is 1.91. The van der Waals surface area contributed by atoms with Crippen LogP contribution < -0.4 is 0 Å². The van der Waals surface area contributed by atoms with Gasteiger partial charge in [-0.05, 0) is 44.4 Å². The molecule has 1 heterocycles. The van der Waals surface area contributed by atoms with E-state index in [-0.39, 0.29) is 0 Å². The summed E-state index contributed by atoms with van der Waals surface area (Å²) < 4.78 is 5.61. The molecule has 1 fully saturated rings. The van der Waals surface area contributed by atoms with Gasteiger partial charge in [-0.15, -0.1) is 11.3 Å². The lowest BCUT2D eigenvalue weighted by Crippen LogP contribution is -2.23. The van der Waals surface area contributed by atoms with Crippen molar-refractivity contribution in [1.29, 1.82) is 0 Å². The van der Waals surface area contributed by atoms with Crippen molar-refractivity contribution in [3.63, 3.8) is 0 Å². The zero-order valence-electron chi connectivity index (χ0n) is 11.5. The predicted molar refractivity (Wildman–Crippen MR) is 75.9 cm³/mol. The zero-order chi connectivity index (χ0) is 13.8. The van der Waals surface area contributed by atoms with Gasteiger partial charge in [0.05, 0.1) is 6.61 Å². The Morgan fingerprint density at radius 1 is 1.58 bits per heavy atom. The molecule has 1 aliphatic rings. The highest BCUT2D eigenvalue weighted by molar-refractivity contribution is 7.14. The minimum atomic E-state index is -0.838. The molecule has 0 aromatic carbocycles. The molecule has 2 rings (SSSR count). The molecule has 0 saturated heterocycles. The Morgan fingerprint density at radius 2 is 2.32 bits per heavy atom. The lowest BCUT2D eigenvalue weighted by Gasteiger charge is -2.16. The lowest BCUT2D eigenvalue weighted by atomic mass is 10.2. The monoisotopic (exact) mass is 283 g/mol. The molecule has 1 aliphatic carbocycles. The average Bonchev–Trinajstić information content (AvgIpc) is 3.10. The highest BCUT2D eigenvalue weighted by Crippen LogP contribution is 2.28. The second-order valence-corrected chi connectivity index (χ2v) is 6.51. The zero-order valence-corrected chi connectivity index (χ0v) is 12.3. The van der Waals surface area contributed by atoms with Gasteiger partial charge in [0, 0.05) is 24.6 Å². The molecular formula is C14H21NO3S. The number of thiophene rings is 1. The Balaban J connectivity index is 1.73. The van der Waals surface area contributed by atoms with E-state index >= 15 is 0 Å². The van der Waals surface area contributed by atoms with E-state index in [4.69, 9.17) is 9.84 Å². The number of hydrogen-bond acceptors (Lipinski definition) is 4. The van der Waals surface area contributed by atoms with Crippen molar-refractivity contribution in [2.75, 3.05) is 26.8 Å². The highest BCUT2D eigenvalue weighted by Gasteiger charge is 2.21. The number of nitrogens with zero attached hydrogens (tertiary/aromatic N) is 1. The third-order valence-electron chi connectivity index (χ3n) is 3.34. The van der Waals surface area contributed by atoms with Crippen LogP contribution in [-0.4, -0.2) is 42.8 Å². The molecule has 0 amide bonds. The largest absolute Gasteiger partial charge is 0.477 e. The third-order valence-corrected chi connectivity index (χ3v) is 4.42. The van der Waals surface area contributed by atoms with Crippen LogP contribution in [0, 0.1) is 12.8 Å². The molecule has 0 bridgehead atoms. The van der Waals surface area contributed by atoms with Gasteiger partial charge in [-0.25, -0.2) is 4.79 Å². The second kappa shape index (κ2) is 6.50. The average molecular weight is 283 g/mol. The van der Waals surface area contributed by atoms with Gasteiger partial charge in [-0.3, -0.25) is 4.90 Å². The van der Waals surface area contributed by atoms with Crippen LogP contribution in [0.15, 0.2) is 6.07 Å². The standard InChI is InChI=1S/C14H21NO3S/c1-10-12(7-13(19-10)14(16)17)8-15(2)5-6-18-9-11-3-4-11/h7,11H,3-6,8-9H2,1-2H3,(H,16,17). The Bertz CT molecular complexity index is 440. The van der Waals surface area contributed by atoms with Crippen molar-refractivity contribution in [3.8, 4) is 0 Å². The molecule has 1 aromatic heterocycles. The first-order valence-electron chi connectivity index (χ1n) is 6.65. The van der Waals surface area contributed by atoms with E-state index in [1.807, 2.05) is 14.0 Å². The van der Waals surface area contributed by atoms with Gasteiger partial charge in [-0.2, -0.15) is 0 Å². The van der Waals surface area contributed by atoms with Crippen molar-refractivity contribution in [3.05, 3.63) is 21.4 Å². The minimum Gasteiger partial charge on any atom is -0.477 e. The normalized spacial score (nSPS) is 15.1.